The number of hydrogen-bond donors (Lipinski definition) is 1. The SMILES string of the molecule is Clc1ccc2c(NCc3ccccc3Br)ccnc2c1. The zero-order chi connectivity index (χ0) is 13.9. The molecular formula is C16H12BrClN2. The van der Waals surface area contributed by atoms with Gasteiger partial charge in [0.15, 0.2) is 0 Å². The Bertz CT molecular complexity index is 758. The van der Waals surface area contributed by atoms with Crippen molar-refractivity contribution in [1.82, 2.24) is 4.98 Å². The Morgan fingerprint density at radius 3 is 2.80 bits per heavy atom. The topological polar surface area (TPSA) is 24.9 Å². The van der Waals surface area contributed by atoms with E-state index in [4.69, 9.17) is 11.6 Å². The highest BCUT2D eigenvalue weighted by molar-refractivity contribution is 9.10. The van der Waals surface area contributed by atoms with E-state index in [2.05, 4.69) is 32.3 Å². The van der Waals surface area contributed by atoms with Crippen LogP contribution in [0.25, 0.3) is 10.9 Å². The van der Waals surface area contributed by atoms with Crippen LogP contribution in [0.2, 0.25) is 5.02 Å². The molecule has 100 valence electrons. The molecule has 4 heteroatoms. The summed E-state index contributed by atoms with van der Waals surface area (Å²) in [5.74, 6) is 0. The van der Waals surface area contributed by atoms with E-state index in [1.807, 2.05) is 42.5 Å². The van der Waals surface area contributed by atoms with Crippen LogP contribution in [0.4, 0.5) is 5.69 Å². The Morgan fingerprint density at radius 2 is 1.95 bits per heavy atom. The van der Waals surface area contributed by atoms with Crippen molar-refractivity contribution in [2.24, 2.45) is 0 Å². The molecule has 3 rings (SSSR count). The van der Waals surface area contributed by atoms with E-state index in [0.717, 1.165) is 27.6 Å². The molecule has 2 nitrogen and oxygen atoms in total. The second-order valence-corrected chi connectivity index (χ2v) is 5.76. The van der Waals surface area contributed by atoms with E-state index in [1.165, 1.54) is 5.56 Å². The summed E-state index contributed by atoms with van der Waals surface area (Å²) in [5, 5.41) is 5.23. The Kier molecular flexibility index (Phi) is 3.90. The van der Waals surface area contributed by atoms with Crippen LogP contribution >= 0.6 is 27.5 Å². The van der Waals surface area contributed by atoms with E-state index in [0.29, 0.717) is 5.02 Å². The van der Waals surface area contributed by atoms with Gasteiger partial charge in [-0.05, 0) is 35.9 Å². The van der Waals surface area contributed by atoms with Crippen molar-refractivity contribution in [3.8, 4) is 0 Å². The van der Waals surface area contributed by atoms with Gasteiger partial charge in [0.25, 0.3) is 0 Å². The van der Waals surface area contributed by atoms with Crippen molar-refractivity contribution in [2.75, 3.05) is 5.32 Å². The lowest BCUT2D eigenvalue weighted by atomic mass is 10.1. The fourth-order valence-corrected chi connectivity index (χ4v) is 2.70. The summed E-state index contributed by atoms with van der Waals surface area (Å²) in [7, 11) is 0. The average molecular weight is 348 g/mol. The summed E-state index contributed by atoms with van der Waals surface area (Å²) < 4.78 is 1.11. The fourth-order valence-electron chi connectivity index (χ4n) is 2.11. The molecule has 0 atom stereocenters. The minimum Gasteiger partial charge on any atom is -0.380 e. The Balaban J connectivity index is 1.90. The van der Waals surface area contributed by atoms with Crippen molar-refractivity contribution in [3.05, 3.63) is 69.8 Å². The highest BCUT2D eigenvalue weighted by Crippen LogP contribution is 2.25. The van der Waals surface area contributed by atoms with E-state index >= 15 is 0 Å². The molecule has 1 heterocycles. The molecular weight excluding hydrogens is 336 g/mol. The lowest BCUT2D eigenvalue weighted by Gasteiger charge is -2.10. The summed E-state index contributed by atoms with van der Waals surface area (Å²) in [4.78, 5) is 4.34. The van der Waals surface area contributed by atoms with Crippen LogP contribution in [0.1, 0.15) is 5.56 Å². The Labute approximate surface area is 130 Å². The van der Waals surface area contributed by atoms with Crippen LogP contribution in [0.15, 0.2) is 59.2 Å². The molecule has 20 heavy (non-hydrogen) atoms. The molecule has 0 unspecified atom stereocenters. The van der Waals surface area contributed by atoms with Crippen molar-refractivity contribution < 1.29 is 0 Å². The number of nitrogens with zero attached hydrogens (tertiary/aromatic N) is 1. The number of nitrogens with one attached hydrogen (secondary N) is 1. The predicted molar refractivity (Wildman–Crippen MR) is 88.2 cm³/mol. The van der Waals surface area contributed by atoms with Crippen molar-refractivity contribution >= 4 is 44.1 Å². The van der Waals surface area contributed by atoms with Crippen molar-refractivity contribution in [2.45, 2.75) is 6.54 Å². The standard InChI is InChI=1S/C16H12BrClN2/c17-14-4-2-1-3-11(14)10-20-15-7-8-19-16-9-12(18)5-6-13(15)16/h1-9H,10H2,(H,19,20). The van der Waals surface area contributed by atoms with Gasteiger partial charge in [-0.2, -0.15) is 0 Å². The van der Waals surface area contributed by atoms with Gasteiger partial charge in [0.2, 0.25) is 0 Å². The van der Waals surface area contributed by atoms with Crippen LogP contribution in [0, 0.1) is 0 Å². The third-order valence-corrected chi connectivity index (χ3v) is 4.14. The van der Waals surface area contributed by atoms with E-state index in [9.17, 15) is 0 Å². The maximum atomic E-state index is 6.00. The molecule has 0 saturated carbocycles. The first-order chi connectivity index (χ1) is 9.74. The average Bonchev–Trinajstić information content (AvgIpc) is 2.46. The highest BCUT2D eigenvalue weighted by atomic mass is 79.9. The van der Waals surface area contributed by atoms with Crippen LogP contribution < -0.4 is 5.32 Å². The molecule has 1 N–H and O–H groups in total. The number of fused-ring (bicyclic) bond motifs is 1. The lowest BCUT2D eigenvalue weighted by molar-refractivity contribution is 1.14. The van der Waals surface area contributed by atoms with Gasteiger partial charge in [0, 0.05) is 33.3 Å². The van der Waals surface area contributed by atoms with Gasteiger partial charge in [0.1, 0.15) is 0 Å². The summed E-state index contributed by atoms with van der Waals surface area (Å²) in [6.45, 7) is 0.753. The van der Waals surface area contributed by atoms with E-state index in [1.54, 1.807) is 6.20 Å². The Morgan fingerprint density at radius 1 is 1.10 bits per heavy atom. The fraction of sp³-hybridized carbons (Fsp3) is 0.0625. The quantitative estimate of drug-likeness (QED) is 0.699. The zero-order valence-corrected chi connectivity index (χ0v) is 12.9. The molecule has 0 aliphatic carbocycles. The van der Waals surface area contributed by atoms with E-state index in [-0.39, 0.29) is 0 Å². The third kappa shape index (κ3) is 2.79. The lowest BCUT2D eigenvalue weighted by Crippen LogP contribution is -2.01. The van der Waals surface area contributed by atoms with Crippen molar-refractivity contribution in [1.29, 1.82) is 0 Å². The molecule has 1 aromatic heterocycles. The van der Waals surface area contributed by atoms with Gasteiger partial charge < -0.3 is 5.32 Å². The van der Waals surface area contributed by atoms with Crippen molar-refractivity contribution in [3.63, 3.8) is 0 Å². The number of benzene rings is 2. The number of pyridine rings is 1. The largest absolute Gasteiger partial charge is 0.380 e. The molecule has 2 aromatic carbocycles. The second-order valence-electron chi connectivity index (χ2n) is 4.46. The van der Waals surface area contributed by atoms with Crippen LogP contribution in [-0.2, 0) is 6.54 Å². The molecule has 0 saturated heterocycles. The monoisotopic (exact) mass is 346 g/mol. The third-order valence-electron chi connectivity index (χ3n) is 3.13. The molecule has 0 aliphatic rings. The van der Waals surface area contributed by atoms with Crippen LogP contribution in [0.3, 0.4) is 0 Å². The summed E-state index contributed by atoms with van der Waals surface area (Å²) >= 11 is 9.56. The maximum absolute atomic E-state index is 6.00. The van der Waals surface area contributed by atoms with Gasteiger partial charge >= 0.3 is 0 Å². The van der Waals surface area contributed by atoms with Crippen LogP contribution in [-0.4, -0.2) is 4.98 Å². The number of rotatable bonds is 3. The molecule has 0 bridgehead atoms. The number of hydrogen-bond acceptors (Lipinski definition) is 2. The molecule has 0 aliphatic heterocycles. The second kappa shape index (κ2) is 5.81. The minimum absolute atomic E-state index is 0.702. The van der Waals surface area contributed by atoms with Gasteiger partial charge in [-0.15, -0.1) is 0 Å². The summed E-state index contributed by atoms with van der Waals surface area (Å²) in [5.41, 5.74) is 3.17. The number of halogens is 2. The Hall–Kier alpha value is -1.58. The summed E-state index contributed by atoms with van der Waals surface area (Å²) in [6, 6.07) is 15.9. The predicted octanol–water partition coefficient (Wildman–Crippen LogP) is 5.26. The smallest absolute Gasteiger partial charge is 0.0737 e. The number of anilines is 1. The first-order valence-electron chi connectivity index (χ1n) is 6.25. The molecule has 3 aromatic rings. The normalized spacial score (nSPS) is 10.7. The van der Waals surface area contributed by atoms with Crippen LogP contribution in [0.5, 0.6) is 0 Å². The summed E-state index contributed by atoms with van der Waals surface area (Å²) in [6.07, 6.45) is 1.79. The van der Waals surface area contributed by atoms with Gasteiger partial charge in [0.05, 0.1) is 5.52 Å². The first kappa shape index (κ1) is 13.4. The number of aromatic nitrogens is 1. The van der Waals surface area contributed by atoms with Gasteiger partial charge in [-0.1, -0.05) is 45.7 Å². The minimum atomic E-state index is 0.702. The highest BCUT2D eigenvalue weighted by Gasteiger charge is 2.03. The van der Waals surface area contributed by atoms with E-state index < -0.39 is 0 Å². The molecule has 0 amide bonds. The molecule has 0 spiro atoms. The molecule has 0 fully saturated rings. The maximum Gasteiger partial charge on any atom is 0.0737 e. The zero-order valence-electron chi connectivity index (χ0n) is 10.6. The van der Waals surface area contributed by atoms with Gasteiger partial charge in [-0.3, -0.25) is 4.98 Å². The molecule has 0 radical (unpaired) electrons. The first-order valence-corrected chi connectivity index (χ1v) is 7.43. The van der Waals surface area contributed by atoms with Gasteiger partial charge in [-0.25, -0.2) is 0 Å².